The molecule has 0 bridgehead atoms. The van der Waals surface area contributed by atoms with Gasteiger partial charge in [0.1, 0.15) is 0 Å². The second kappa shape index (κ2) is 7.34. The molecule has 0 aromatic rings. The van der Waals surface area contributed by atoms with Gasteiger partial charge >= 0.3 is 0 Å². The molecule has 0 fully saturated rings. The first-order chi connectivity index (χ1) is 5.74. The first-order valence-corrected chi connectivity index (χ1v) is 5.42. The van der Waals surface area contributed by atoms with E-state index in [0.717, 1.165) is 0 Å². The first-order valence-electron chi connectivity index (χ1n) is 3.19. The summed E-state index contributed by atoms with van der Waals surface area (Å²) in [5.41, 5.74) is 0. The van der Waals surface area contributed by atoms with E-state index in [-0.39, 0.29) is 3.41 Å². The monoisotopic (exact) mass is 229 g/mol. The zero-order valence-corrected chi connectivity index (χ0v) is 9.81. The third-order valence-electron chi connectivity index (χ3n) is 0.937. The lowest BCUT2D eigenvalue weighted by atomic mass is 10.6. The van der Waals surface area contributed by atoms with Crippen LogP contribution in [0.3, 0.4) is 0 Å². The molecule has 0 rings (SSSR count). The molecule has 0 N–H and O–H groups in total. The van der Waals surface area contributed by atoms with Gasteiger partial charge in [0.15, 0.2) is 3.41 Å². The van der Waals surface area contributed by atoms with Gasteiger partial charge in [0.05, 0.1) is 21.3 Å². The standard InChI is InChI=1S/C6H13O3S3/c1-5-6(10-7-2,11-8-3)12-9-4/h1,5H2,2-4H3. The van der Waals surface area contributed by atoms with E-state index in [1.807, 2.05) is 0 Å². The summed E-state index contributed by atoms with van der Waals surface area (Å²) in [5.74, 6) is 0. The summed E-state index contributed by atoms with van der Waals surface area (Å²) in [6.07, 6.45) is 0.641. The van der Waals surface area contributed by atoms with Crippen LogP contribution in [0.5, 0.6) is 0 Å². The molecule has 0 amide bonds. The van der Waals surface area contributed by atoms with E-state index < -0.39 is 0 Å². The number of hydrogen-bond donors (Lipinski definition) is 0. The highest BCUT2D eigenvalue weighted by atomic mass is 32.3. The van der Waals surface area contributed by atoms with Crippen LogP contribution in [0, 0.1) is 6.92 Å². The molecule has 6 heteroatoms. The Morgan fingerprint density at radius 1 is 1.00 bits per heavy atom. The van der Waals surface area contributed by atoms with Crippen molar-refractivity contribution in [2.75, 3.05) is 21.3 Å². The van der Waals surface area contributed by atoms with Crippen molar-refractivity contribution in [1.82, 2.24) is 0 Å². The second-order valence-corrected chi connectivity index (χ2v) is 6.05. The Labute approximate surface area is 86.9 Å². The number of rotatable bonds is 7. The molecule has 0 spiro atoms. The highest BCUT2D eigenvalue weighted by molar-refractivity contribution is 8.29. The maximum Gasteiger partial charge on any atom is 0.183 e. The summed E-state index contributed by atoms with van der Waals surface area (Å²) in [6, 6.07) is 0. The molecule has 0 aromatic heterocycles. The molecule has 0 aliphatic heterocycles. The van der Waals surface area contributed by atoms with Crippen LogP contribution in [-0.4, -0.2) is 24.7 Å². The quantitative estimate of drug-likeness (QED) is 0.492. The zero-order chi connectivity index (χ0) is 9.45. The van der Waals surface area contributed by atoms with Crippen molar-refractivity contribution in [1.29, 1.82) is 0 Å². The Kier molecular flexibility index (Phi) is 7.91. The molecule has 0 aliphatic carbocycles. The lowest BCUT2D eigenvalue weighted by Crippen LogP contribution is -2.14. The van der Waals surface area contributed by atoms with Gasteiger partial charge in [-0.1, -0.05) is 0 Å². The minimum atomic E-state index is -0.335. The summed E-state index contributed by atoms with van der Waals surface area (Å²) in [7, 11) is 4.84. The predicted octanol–water partition coefficient (Wildman–Crippen LogP) is 2.75. The fraction of sp³-hybridized carbons (Fsp3) is 0.833. The lowest BCUT2D eigenvalue weighted by molar-refractivity contribution is 0.462. The van der Waals surface area contributed by atoms with Crippen LogP contribution in [0.25, 0.3) is 0 Å². The third-order valence-corrected chi connectivity index (χ3v) is 4.04. The van der Waals surface area contributed by atoms with Gasteiger partial charge in [-0.3, -0.25) is 0 Å². The van der Waals surface area contributed by atoms with Gasteiger partial charge in [0.2, 0.25) is 0 Å². The molecule has 0 atom stereocenters. The van der Waals surface area contributed by atoms with Crippen molar-refractivity contribution in [3.05, 3.63) is 6.92 Å². The van der Waals surface area contributed by atoms with Gasteiger partial charge in [-0.2, -0.15) is 0 Å². The Morgan fingerprint density at radius 3 is 1.50 bits per heavy atom. The van der Waals surface area contributed by atoms with Gasteiger partial charge < -0.3 is 12.5 Å². The smallest absolute Gasteiger partial charge is 0.183 e. The fourth-order valence-corrected chi connectivity index (χ4v) is 3.12. The van der Waals surface area contributed by atoms with Crippen molar-refractivity contribution >= 4 is 36.1 Å². The summed E-state index contributed by atoms with van der Waals surface area (Å²) in [5, 5.41) is 0. The molecule has 73 valence electrons. The van der Waals surface area contributed by atoms with Gasteiger partial charge in [0, 0.05) is 36.1 Å². The second-order valence-electron chi connectivity index (χ2n) is 1.68. The van der Waals surface area contributed by atoms with E-state index in [1.165, 1.54) is 36.1 Å². The van der Waals surface area contributed by atoms with E-state index in [4.69, 9.17) is 12.5 Å². The minimum absolute atomic E-state index is 0.335. The van der Waals surface area contributed by atoms with Crippen LogP contribution in [-0.2, 0) is 12.5 Å². The zero-order valence-electron chi connectivity index (χ0n) is 7.36. The maximum absolute atomic E-state index is 4.98. The van der Waals surface area contributed by atoms with Crippen molar-refractivity contribution in [3.8, 4) is 0 Å². The van der Waals surface area contributed by atoms with Gasteiger partial charge in [-0.25, -0.2) is 0 Å². The molecule has 1 radical (unpaired) electrons. The van der Waals surface area contributed by atoms with Crippen LogP contribution in [0.15, 0.2) is 0 Å². The van der Waals surface area contributed by atoms with E-state index in [1.54, 1.807) is 21.3 Å². The topological polar surface area (TPSA) is 27.7 Å². The molecule has 0 saturated carbocycles. The van der Waals surface area contributed by atoms with E-state index in [9.17, 15) is 0 Å². The Hall–Kier alpha value is 0.930. The van der Waals surface area contributed by atoms with Crippen molar-refractivity contribution in [2.24, 2.45) is 0 Å². The summed E-state index contributed by atoms with van der Waals surface area (Å²) < 4.78 is 14.6. The molecular formula is C6H13O3S3. The summed E-state index contributed by atoms with van der Waals surface area (Å²) in [4.78, 5) is 0. The molecular weight excluding hydrogens is 216 g/mol. The largest absolute Gasteiger partial charge is 0.316 e. The third kappa shape index (κ3) is 4.25. The summed E-state index contributed by atoms with van der Waals surface area (Å²) in [6.45, 7) is 3.81. The van der Waals surface area contributed by atoms with E-state index in [2.05, 4.69) is 6.92 Å². The average Bonchev–Trinajstić information content (AvgIpc) is 2.06. The van der Waals surface area contributed by atoms with Gasteiger partial charge in [0.25, 0.3) is 0 Å². The molecule has 0 aromatic carbocycles. The van der Waals surface area contributed by atoms with Crippen molar-refractivity contribution < 1.29 is 12.5 Å². The maximum atomic E-state index is 4.98. The van der Waals surface area contributed by atoms with Gasteiger partial charge in [-0.05, 0) is 13.3 Å². The van der Waals surface area contributed by atoms with Crippen LogP contribution in [0.2, 0.25) is 0 Å². The number of hydrogen-bond acceptors (Lipinski definition) is 6. The predicted molar refractivity (Wildman–Crippen MR) is 56.5 cm³/mol. The van der Waals surface area contributed by atoms with Crippen LogP contribution >= 0.6 is 36.1 Å². The Bertz CT molecular complexity index is 95.2. The Morgan fingerprint density at radius 2 is 1.33 bits per heavy atom. The van der Waals surface area contributed by atoms with E-state index >= 15 is 0 Å². The lowest BCUT2D eigenvalue weighted by Gasteiger charge is -2.25. The molecule has 0 heterocycles. The SMILES string of the molecule is [CH2]CC(SOC)(SOC)SOC. The Balaban J connectivity index is 4.06. The molecule has 0 saturated heterocycles. The van der Waals surface area contributed by atoms with Crippen molar-refractivity contribution in [2.45, 2.75) is 9.83 Å². The molecule has 0 unspecified atom stereocenters. The first kappa shape index (κ1) is 12.9. The molecule has 0 aliphatic rings. The van der Waals surface area contributed by atoms with Crippen molar-refractivity contribution in [3.63, 3.8) is 0 Å². The molecule has 12 heavy (non-hydrogen) atoms. The van der Waals surface area contributed by atoms with Crippen LogP contribution in [0.1, 0.15) is 6.42 Å². The van der Waals surface area contributed by atoms with Crippen LogP contribution < -0.4 is 0 Å². The van der Waals surface area contributed by atoms with Crippen LogP contribution in [0.4, 0.5) is 0 Å². The van der Waals surface area contributed by atoms with Gasteiger partial charge in [-0.15, -0.1) is 0 Å². The highest BCUT2D eigenvalue weighted by Gasteiger charge is 2.33. The highest BCUT2D eigenvalue weighted by Crippen LogP contribution is 2.49. The molecule has 3 nitrogen and oxygen atoms in total. The minimum Gasteiger partial charge on any atom is -0.316 e. The van der Waals surface area contributed by atoms with E-state index in [0.29, 0.717) is 6.42 Å². The fourth-order valence-electron chi connectivity index (χ4n) is 0.548. The summed E-state index contributed by atoms with van der Waals surface area (Å²) >= 11 is 3.86. The normalized spacial score (nSPS) is 12.0. The average molecular weight is 229 g/mol.